The predicted molar refractivity (Wildman–Crippen MR) is 44.2 cm³/mol. The molecule has 0 aliphatic rings. The van der Waals surface area contributed by atoms with E-state index in [0.717, 1.165) is 0 Å². The number of rotatable bonds is 2. The van der Waals surface area contributed by atoms with Gasteiger partial charge in [0.05, 0.1) is 0 Å². The van der Waals surface area contributed by atoms with Crippen LogP contribution in [0.15, 0.2) is 0 Å². The summed E-state index contributed by atoms with van der Waals surface area (Å²) < 4.78 is 0. The van der Waals surface area contributed by atoms with E-state index in [1.165, 1.54) is 0 Å². The third-order valence-corrected chi connectivity index (χ3v) is 0.934. The van der Waals surface area contributed by atoms with Crippen LogP contribution in [0, 0.1) is 0 Å². The van der Waals surface area contributed by atoms with Crippen LogP contribution in [0.25, 0.3) is 0 Å². The Kier molecular flexibility index (Phi) is 4.26. The Labute approximate surface area is 65.8 Å². The Morgan fingerprint density at radius 1 is 1.50 bits per heavy atom. The molecule has 60 valence electrons. The molecule has 0 saturated carbocycles. The van der Waals surface area contributed by atoms with Crippen molar-refractivity contribution in [2.75, 3.05) is 0 Å². The van der Waals surface area contributed by atoms with E-state index in [2.05, 4.69) is 10.6 Å². The largest absolute Gasteiger partial charge is 0.361 e. The van der Waals surface area contributed by atoms with Crippen LogP contribution in [0.5, 0.6) is 0 Å². The maximum atomic E-state index is 8.57. The Hall–Kier alpha value is -0.390. The van der Waals surface area contributed by atoms with Crippen LogP contribution in [-0.4, -0.2) is 22.6 Å². The van der Waals surface area contributed by atoms with Gasteiger partial charge in [0.2, 0.25) is 0 Å². The van der Waals surface area contributed by atoms with E-state index in [4.69, 9.17) is 23.1 Å². The maximum Gasteiger partial charge on any atom is 0.180 e. The van der Waals surface area contributed by atoms with Gasteiger partial charge in [0.1, 0.15) is 0 Å². The van der Waals surface area contributed by atoms with Gasteiger partial charge in [-0.15, -0.1) is 0 Å². The number of thiocarbonyl (C=S) groups is 1. The fraction of sp³-hybridized carbons (Fsp3) is 0.800. The maximum absolute atomic E-state index is 8.57. The number of nitrogens with one attached hydrogen (secondary N) is 2. The fourth-order valence-corrected chi connectivity index (χ4v) is 0.795. The number of hydrogen-bond donors (Lipinski definition) is 4. The highest BCUT2D eigenvalue weighted by Crippen LogP contribution is 1.76. The minimum atomic E-state index is -1.08. The lowest BCUT2D eigenvalue weighted by Gasteiger charge is -2.14. The summed E-state index contributed by atoms with van der Waals surface area (Å²) >= 11 is 4.74. The zero-order chi connectivity index (χ0) is 8.15. The van der Waals surface area contributed by atoms with E-state index in [1.54, 1.807) is 0 Å². The van der Waals surface area contributed by atoms with Gasteiger partial charge in [0.15, 0.2) is 11.5 Å². The monoisotopic (exact) mass is 163 g/mol. The van der Waals surface area contributed by atoms with Gasteiger partial charge in [-0.2, -0.15) is 0 Å². The van der Waals surface area contributed by atoms with Crippen molar-refractivity contribution in [3.63, 3.8) is 0 Å². The summed E-state index contributed by atoms with van der Waals surface area (Å²) in [7, 11) is 0. The van der Waals surface area contributed by atoms with Crippen molar-refractivity contribution in [3.8, 4) is 0 Å². The van der Waals surface area contributed by atoms with Crippen LogP contribution in [0.2, 0.25) is 0 Å². The third-order valence-electron chi connectivity index (χ3n) is 0.699. The highest BCUT2D eigenvalue weighted by Gasteiger charge is 1.99. The molecule has 0 rings (SSSR count). The van der Waals surface area contributed by atoms with Crippen molar-refractivity contribution >= 4 is 17.3 Å². The zero-order valence-electron chi connectivity index (χ0n) is 6.09. The van der Waals surface area contributed by atoms with Crippen LogP contribution in [0.1, 0.15) is 13.8 Å². The molecule has 5 heteroatoms. The summed E-state index contributed by atoms with van der Waals surface area (Å²) in [5, 5.41) is 14.2. The topological polar surface area (TPSA) is 70.3 Å². The van der Waals surface area contributed by atoms with Crippen molar-refractivity contribution in [2.45, 2.75) is 26.2 Å². The van der Waals surface area contributed by atoms with Crippen LogP contribution < -0.4 is 16.4 Å². The first-order valence-corrected chi connectivity index (χ1v) is 3.44. The van der Waals surface area contributed by atoms with E-state index in [-0.39, 0.29) is 6.04 Å². The van der Waals surface area contributed by atoms with Crippen LogP contribution in [0.3, 0.4) is 0 Å². The van der Waals surface area contributed by atoms with Crippen molar-refractivity contribution in [3.05, 3.63) is 0 Å². The highest BCUT2D eigenvalue weighted by molar-refractivity contribution is 7.80. The predicted octanol–water partition coefficient (Wildman–Crippen LogP) is -0.906. The first-order chi connectivity index (χ1) is 4.52. The summed E-state index contributed by atoms with van der Waals surface area (Å²) in [6.07, 6.45) is -1.08. The molecule has 0 heterocycles. The van der Waals surface area contributed by atoms with Crippen molar-refractivity contribution in [1.82, 2.24) is 10.6 Å². The average Bonchev–Trinajstić information content (AvgIpc) is 1.58. The summed E-state index contributed by atoms with van der Waals surface area (Å²) in [6.45, 7) is 3.88. The number of aliphatic hydroxyl groups excluding tert-OH is 1. The molecule has 1 unspecified atom stereocenters. The van der Waals surface area contributed by atoms with E-state index in [1.807, 2.05) is 13.8 Å². The third kappa shape index (κ3) is 5.74. The highest BCUT2D eigenvalue weighted by atomic mass is 32.1. The van der Waals surface area contributed by atoms with Gasteiger partial charge < -0.3 is 15.7 Å². The molecule has 0 radical (unpaired) electrons. The molecule has 0 bridgehead atoms. The van der Waals surface area contributed by atoms with Crippen molar-refractivity contribution < 1.29 is 5.11 Å². The second-order valence-corrected chi connectivity index (χ2v) is 2.63. The molecule has 0 amide bonds. The lowest BCUT2D eigenvalue weighted by atomic mass is 10.4. The molecule has 0 saturated heterocycles. The van der Waals surface area contributed by atoms with Crippen molar-refractivity contribution in [2.24, 2.45) is 5.73 Å². The van der Waals surface area contributed by atoms with Gasteiger partial charge in [-0.1, -0.05) is 0 Å². The molecule has 1 atom stereocenters. The molecule has 0 spiro atoms. The second-order valence-electron chi connectivity index (χ2n) is 2.22. The van der Waals surface area contributed by atoms with Gasteiger partial charge in [0, 0.05) is 6.04 Å². The SMILES string of the molecule is CC(C)NC(=S)NC(N)O. The molecule has 4 nitrogen and oxygen atoms in total. The Morgan fingerprint density at radius 3 is 2.30 bits per heavy atom. The molecule has 0 aromatic heterocycles. The first-order valence-electron chi connectivity index (χ1n) is 3.03. The molecule has 0 fully saturated rings. The number of hydrogen-bond acceptors (Lipinski definition) is 3. The minimum Gasteiger partial charge on any atom is -0.361 e. The molecule has 5 N–H and O–H groups in total. The summed E-state index contributed by atoms with van der Waals surface area (Å²) in [6, 6.07) is 0.249. The van der Waals surface area contributed by atoms with Crippen LogP contribution >= 0.6 is 12.2 Å². The van der Waals surface area contributed by atoms with E-state index in [0.29, 0.717) is 5.11 Å². The zero-order valence-corrected chi connectivity index (χ0v) is 6.90. The number of aliphatic hydroxyl groups is 1. The smallest absolute Gasteiger partial charge is 0.180 e. The van der Waals surface area contributed by atoms with E-state index < -0.39 is 6.35 Å². The van der Waals surface area contributed by atoms with Gasteiger partial charge in [-0.05, 0) is 26.1 Å². The lowest BCUT2D eigenvalue weighted by molar-refractivity contribution is 0.167. The molecular weight excluding hydrogens is 150 g/mol. The average molecular weight is 163 g/mol. The Bertz CT molecular complexity index is 103. The second kappa shape index (κ2) is 4.43. The number of nitrogens with two attached hydrogens (primary N) is 1. The molecular formula is C5H13N3OS. The van der Waals surface area contributed by atoms with E-state index in [9.17, 15) is 0 Å². The van der Waals surface area contributed by atoms with Crippen LogP contribution in [0.4, 0.5) is 0 Å². The molecule has 0 aliphatic heterocycles. The van der Waals surface area contributed by atoms with E-state index >= 15 is 0 Å². The van der Waals surface area contributed by atoms with Gasteiger partial charge >= 0.3 is 0 Å². The first kappa shape index (κ1) is 9.61. The quantitative estimate of drug-likeness (QED) is 0.313. The van der Waals surface area contributed by atoms with Gasteiger partial charge in [-0.3, -0.25) is 5.73 Å². The fourth-order valence-electron chi connectivity index (χ4n) is 0.438. The molecule has 0 aromatic rings. The molecule has 10 heavy (non-hydrogen) atoms. The Balaban J connectivity index is 3.44. The summed E-state index contributed by atoms with van der Waals surface area (Å²) in [5.41, 5.74) is 4.99. The minimum absolute atomic E-state index is 0.249. The molecule has 0 aromatic carbocycles. The standard InChI is InChI=1S/C5H13N3OS/c1-3(2)7-5(10)8-4(6)9/h3-4,9H,6H2,1-2H3,(H2,7,8,10). The van der Waals surface area contributed by atoms with Gasteiger partial charge in [0.25, 0.3) is 0 Å². The summed E-state index contributed by atoms with van der Waals surface area (Å²) in [5.74, 6) is 0. The Morgan fingerprint density at radius 2 is 2.00 bits per heavy atom. The lowest BCUT2D eigenvalue weighted by Crippen LogP contribution is -2.48. The summed E-state index contributed by atoms with van der Waals surface area (Å²) in [4.78, 5) is 0. The normalized spacial score (nSPS) is 12.9. The molecule has 0 aliphatic carbocycles. The van der Waals surface area contributed by atoms with Gasteiger partial charge in [-0.25, -0.2) is 0 Å². The van der Waals surface area contributed by atoms with Crippen LogP contribution in [-0.2, 0) is 0 Å². The van der Waals surface area contributed by atoms with Crippen molar-refractivity contribution in [1.29, 1.82) is 0 Å².